The van der Waals surface area contributed by atoms with Crippen molar-refractivity contribution >= 4 is 45.1 Å². The summed E-state index contributed by atoms with van der Waals surface area (Å²) >= 11 is 2.90. The molecule has 0 atom stereocenters. The Labute approximate surface area is 171 Å². The number of thiophene rings is 1. The smallest absolute Gasteiger partial charge is 0.263 e. The van der Waals surface area contributed by atoms with Crippen LogP contribution in [0.2, 0.25) is 0 Å². The van der Waals surface area contributed by atoms with Crippen molar-refractivity contribution in [2.45, 2.75) is 69.5 Å². The maximum Gasteiger partial charge on any atom is 0.263 e. The van der Waals surface area contributed by atoms with Gasteiger partial charge in [0.1, 0.15) is 4.83 Å². The third kappa shape index (κ3) is 3.82. The highest BCUT2D eigenvalue weighted by Gasteiger charge is 2.27. The van der Waals surface area contributed by atoms with Crippen LogP contribution in [0.15, 0.2) is 9.95 Å². The highest BCUT2D eigenvalue weighted by atomic mass is 32.2. The van der Waals surface area contributed by atoms with E-state index in [0.717, 1.165) is 55.2 Å². The Morgan fingerprint density at radius 3 is 2.68 bits per heavy atom. The summed E-state index contributed by atoms with van der Waals surface area (Å²) in [6, 6.07) is 0.157. The highest BCUT2D eigenvalue weighted by molar-refractivity contribution is 7.99. The molecule has 0 radical (unpaired) electrons. The molecule has 28 heavy (non-hydrogen) atoms. The normalized spacial score (nSPS) is 16.9. The molecule has 0 saturated heterocycles. The van der Waals surface area contributed by atoms with Crippen LogP contribution in [0.4, 0.5) is 0 Å². The number of fused-ring (bicyclic) bond motifs is 3. The van der Waals surface area contributed by atoms with Gasteiger partial charge in [0, 0.05) is 17.8 Å². The van der Waals surface area contributed by atoms with E-state index >= 15 is 0 Å². The summed E-state index contributed by atoms with van der Waals surface area (Å²) < 4.78 is 1.84. The number of nitrogens with zero attached hydrogens (tertiary/aromatic N) is 2. The van der Waals surface area contributed by atoms with Gasteiger partial charge in [0.15, 0.2) is 5.16 Å². The first-order valence-corrected chi connectivity index (χ1v) is 11.6. The maximum absolute atomic E-state index is 13.5. The fourth-order valence-electron chi connectivity index (χ4n) is 4.11. The number of thioether (sulfide) groups is 1. The van der Waals surface area contributed by atoms with E-state index < -0.39 is 0 Å². The molecule has 2 N–H and O–H groups in total. The zero-order chi connectivity index (χ0) is 19.7. The number of nitrogens with one attached hydrogen (secondary N) is 2. The molecule has 0 unspecified atom stereocenters. The average Bonchev–Trinajstić information content (AvgIpc) is 3.32. The molecule has 4 rings (SSSR count). The predicted octanol–water partition coefficient (Wildman–Crippen LogP) is 2.71. The van der Waals surface area contributed by atoms with Crippen molar-refractivity contribution in [1.82, 2.24) is 20.4 Å². The second-order valence-corrected chi connectivity index (χ2v) is 9.44. The van der Waals surface area contributed by atoms with Gasteiger partial charge in [-0.15, -0.1) is 11.3 Å². The van der Waals surface area contributed by atoms with Gasteiger partial charge < -0.3 is 0 Å². The van der Waals surface area contributed by atoms with Crippen molar-refractivity contribution in [3.63, 3.8) is 0 Å². The van der Waals surface area contributed by atoms with Crippen LogP contribution < -0.4 is 16.4 Å². The van der Waals surface area contributed by atoms with Crippen molar-refractivity contribution in [2.24, 2.45) is 0 Å². The SMILES string of the molecule is CC(=O)NNC(=O)CSc1nc2sc3c(c2c(=O)n1C1CCCC1)CCCC3. The second-order valence-electron chi connectivity index (χ2n) is 7.42. The first-order chi connectivity index (χ1) is 13.5. The van der Waals surface area contributed by atoms with Gasteiger partial charge in [0.05, 0.1) is 11.1 Å². The molecule has 2 aromatic heterocycles. The molecule has 2 aliphatic rings. The number of hydrazine groups is 1. The molecule has 7 nitrogen and oxygen atoms in total. The lowest BCUT2D eigenvalue weighted by atomic mass is 9.97. The molecule has 0 spiro atoms. The fraction of sp³-hybridized carbons (Fsp3) is 0.579. The molecular weight excluding hydrogens is 396 g/mol. The number of hydrogen-bond acceptors (Lipinski definition) is 6. The van der Waals surface area contributed by atoms with Crippen LogP contribution in [0.5, 0.6) is 0 Å². The minimum absolute atomic E-state index is 0.0565. The molecule has 150 valence electrons. The van der Waals surface area contributed by atoms with Crippen molar-refractivity contribution < 1.29 is 9.59 Å². The van der Waals surface area contributed by atoms with E-state index in [4.69, 9.17) is 4.98 Å². The van der Waals surface area contributed by atoms with Crippen molar-refractivity contribution in [3.05, 3.63) is 20.8 Å². The standard InChI is InChI=1S/C19H24N4O3S2/c1-11(24)21-22-15(25)10-27-19-20-17-16(13-8-4-5-9-14(13)28-17)18(26)23(19)12-6-2-3-7-12/h12H,2-10H2,1H3,(H,21,24)(H,22,25). The Morgan fingerprint density at radius 1 is 1.18 bits per heavy atom. The Morgan fingerprint density at radius 2 is 1.93 bits per heavy atom. The van der Waals surface area contributed by atoms with Gasteiger partial charge in [-0.05, 0) is 44.1 Å². The van der Waals surface area contributed by atoms with Gasteiger partial charge in [-0.2, -0.15) is 0 Å². The zero-order valence-electron chi connectivity index (χ0n) is 15.9. The van der Waals surface area contributed by atoms with Gasteiger partial charge in [-0.1, -0.05) is 24.6 Å². The molecule has 2 aliphatic carbocycles. The van der Waals surface area contributed by atoms with Gasteiger partial charge >= 0.3 is 0 Å². The third-order valence-electron chi connectivity index (χ3n) is 5.39. The number of hydrogen-bond donors (Lipinski definition) is 2. The summed E-state index contributed by atoms with van der Waals surface area (Å²) in [7, 11) is 0. The minimum atomic E-state index is -0.329. The number of rotatable bonds is 4. The lowest BCUT2D eigenvalue weighted by molar-refractivity contribution is -0.126. The topological polar surface area (TPSA) is 93.1 Å². The van der Waals surface area contributed by atoms with Gasteiger partial charge in [0.2, 0.25) is 11.8 Å². The van der Waals surface area contributed by atoms with E-state index in [9.17, 15) is 14.4 Å². The maximum atomic E-state index is 13.5. The molecule has 2 aromatic rings. The molecule has 1 saturated carbocycles. The van der Waals surface area contributed by atoms with E-state index in [1.54, 1.807) is 11.3 Å². The molecule has 0 aromatic carbocycles. The number of aromatic nitrogens is 2. The first kappa shape index (κ1) is 19.4. The van der Waals surface area contributed by atoms with Crippen molar-refractivity contribution in [2.75, 3.05) is 5.75 Å². The monoisotopic (exact) mass is 420 g/mol. The third-order valence-corrected chi connectivity index (χ3v) is 7.53. The van der Waals surface area contributed by atoms with Gasteiger partial charge in [0.25, 0.3) is 5.56 Å². The fourth-order valence-corrected chi connectivity index (χ4v) is 6.28. The van der Waals surface area contributed by atoms with Crippen LogP contribution in [-0.2, 0) is 22.4 Å². The van der Waals surface area contributed by atoms with Crippen molar-refractivity contribution in [1.29, 1.82) is 0 Å². The number of carbonyl (C=O) groups excluding carboxylic acids is 2. The second kappa shape index (κ2) is 8.24. The summed E-state index contributed by atoms with van der Waals surface area (Å²) in [6.07, 6.45) is 8.47. The van der Waals surface area contributed by atoms with Crippen molar-refractivity contribution in [3.8, 4) is 0 Å². The van der Waals surface area contributed by atoms with Crippen LogP contribution in [-0.4, -0.2) is 27.1 Å². The van der Waals surface area contributed by atoms with Crippen LogP contribution >= 0.6 is 23.1 Å². The van der Waals surface area contributed by atoms with Crippen LogP contribution in [0, 0.1) is 0 Å². The van der Waals surface area contributed by atoms with E-state index in [0.29, 0.717) is 5.16 Å². The largest absolute Gasteiger partial charge is 0.284 e. The summed E-state index contributed by atoms with van der Waals surface area (Å²) in [5.74, 6) is -0.557. The average molecular weight is 421 g/mol. The Balaban J connectivity index is 1.69. The van der Waals surface area contributed by atoms with Crippen LogP contribution in [0.1, 0.15) is 61.9 Å². The molecule has 9 heteroatoms. The number of carbonyl (C=O) groups is 2. The number of aryl methyl sites for hydroxylation is 2. The minimum Gasteiger partial charge on any atom is -0.284 e. The first-order valence-electron chi connectivity index (χ1n) is 9.79. The molecule has 1 fully saturated rings. The lowest BCUT2D eigenvalue weighted by Crippen LogP contribution is -2.41. The van der Waals surface area contributed by atoms with Gasteiger partial charge in [-0.3, -0.25) is 29.8 Å². The van der Waals surface area contributed by atoms with E-state index in [-0.39, 0.29) is 29.2 Å². The molecule has 2 amide bonds. The Hall–Kier alpha value is -1.87. The van der Waals surface area contributed by atoms with Gasteiger partial charge in [-0.25, -0.2) is 4.98 Å². The van der Waals surface area contributed by atoms with Crippen LogP contribution in [0.3, 0.4) is 0 Å². The lowest BCUT2D eigenvalue weighted by Gasteiger charge is -2.18. The summed E-state index contributed by atoms with van der Waals surface area (Å²) in [5.41, 5.74) is 5.91. The zero-order valence-corrected chi connectivity index (χ0v) is 17.5. The van der Waals surface area contributed by atoms with Crippen LogP contribution in [0.25, 0.3) is 10.2 Å². The number of amides is 2. The Kier molecular flexibility index (Phi) is 5.73. The van der Waals surface area contributed by atoms with E-state index in [1.807, 2.05) is 4.57 Å². The quantitative estimate of drug-likeness (QED) is 0.451. The summed E-state index contributed by atoms with van der Waals surface area (Å²) in [6.45, 7) is 1.33. The van der Waals surface area contributed by atoms with E-state index in [1.165, 1.54) is 35.5 Å². The summed E-state index contributed by atoms with van der Waals surface area (Å²) in [4.78, 5) is 43.4. The Bertz CT molecular complexity index is 976. The molecule has 0 bridgehead atoms. The highest BCUT2D eigenvalue weighted by Crippen LogP contribution is 2.37. The van der Waals surface area contributed by atoms with E-state index in [2.05, 4.69) is 10.9 Å². The molecule has 0 aliphatic heterocycles. The summed E-state index contributed by atoms with van der Waals surface area (Å²) in [5, 5.41) is 1.42. The molecular formula is C19H24N4O3S2. The molecule has 2 heterocycles. The predicted molar refractivity (Wildman–Crippen MR) is 111 cm³/mol.